The van der Waals surface area contributed by atoms with Gasteiger partial charge in [0.1, 0.15) is 5.69 Å². The van der Waals surface area contributed by atoms with Crippen LogP contribution in [0.4, 0.5) is 10.8 Å². The van der Waals surface area contributed by atoms with E-state index in [0.29, 0.717) is 28.9 Å². The fourth-order valence-corrected chi connectivity index (χ4v) is 3.89. The first kappa shape index (κ1) is 23.8. The molecule has 1 aromatic heterocycles. The summed E-state index contributed by atoms with van der Waals surface area (Å²) in [5.41, 5.74) is 2.06. The second kappa shape index (κ2) is 11.6. The van der Waals surface area contributed by atoms with E-state index in [0.717, 1.165) is 17.7 Å². The molecular weight excluding hydrogens is 444 g/mol. The molecule has 2 N–H and O–H groups in total. The maximum absolute atomic E-state index is 13.3. The molecule has 1 atom stereocenters. The van der Waals surface area contributed by atoms with Crippen molar-refractivity contribution in [3.8, 4) is 0 Å². The summed E-state index contributed by atoms with van der Waals surface area (Å²) < 4.78 is 0. The number of carbonyl (C=O) groups excluding carboxylic acids is 2. The van der Waals surface area contributed by atoms with Gasteiger partial charge in [-0.2, -0.15) is 0 Å². The summed E-state index contributed by atoms with van der Waals surface area (Å²) in [5, 5.41) is 8.98. The Labute approximate surface area is 197 Å². The van der Waals surface area contributed by atoms with E-state index in [1.165, 1.54) is 11.3 Å². The molecule has 168 valence electrons. The van der Waals surface area contributed by atoms with Crippen molar-refractivity contribution in [3.63, 3.8) is 0 Å². The lowest BCUT2D eigenvalue weighted by atomic mass is 10.2. The van der Waals surface area contributed by atoms with Crippen LogP contribution in [0.1, 0.15) is 42.7 Å². The number of rotatable bonds is 10. The summed E-state index contributed by atoms with van der Waals surface area (Å²) in [6.07, 6.45) is 1.09. The van der Waals surface area contributed by atoms with Crippen LogP contribution in [-0.4, -0.2) is 34.3 Å². The van der Waals surface area contributed by atoms with Gasteiger partial charge in [0, 0.05) is 30.9 Å². The van der Waals surface area contributed by atoms with Gasteiger partial charge < -0.3 is 15.5 Å². The van der Waals surface area contributed by atoms with Crippen molar-refractivity contribution in [3.05, 3.63) is 76.3 Å². The summed E-state index contributed by atoms with van der Waals surface area (Å²) in [4.78, 5) is 31.7. The van der Waals surface area contributed by atoms with Gasteiger partial charge in [0.15, 0.2) is 5.13 Å². The Morgan fingerprint density at radius 2 is 1.84 bits per heavy atom. The molecule has 2 aromatic carbocycles. The minimum absolute atomic E-state index is 0.0652. The number of amides is 2. The highest BCUT2D eigenvalue weighted by Gasteiger charge is 2.21. The highest BCUT2D eigenvalue weighted by atomic mass is 35.5. The van der Waals surface area contributed by atoms with Crippen LogP contribution in [0.3, 0.4) is 0 Å². The molecule has 0 spiro atoms. The van der Waals surface area contributed by atoms with Crippen molar-refractivity contribution in [1.29, 1.82) is 0 Å². The highest BCUT2D eigenvalue weighted by molar-refractivity contribution is 7.14. The average Bonchev–Trinajstić information content (AvgIpc) is 3.27. The molecule has 0 aliphatic carbocycles. The average molecular weight is 471 g/mol. The van der Waals surface area contributed by atoms with Crippen molar-refractivity contribution in [1.82, 2.24) is 15.2 Å². The Hall–Kier alpha value is -2.90. The van der Waals surface area contributed by atoms with Crippen molar-refractivity contribution in [2.24, 2.45) is 0 Å². The molecule has 8 heteroatoms. The molecule has 0 aliphatic heterocycles. The van der Waals surface area contributed by atoms with Crippen LogP contribution in [0.25, 0.3) is 0 Å². The zero-order valence-corrected chi connectivity index (χ0v) is 19.7. The third kappa shape index (κ3) is 6.80. The van der Waals surface area contributed by atoms with Gasteiger partial charge in [-0.15, -0.1) is 11.3 Å². The second-order valence-electron chi connectivity index (χ2n) is 7.48. The van der Waals surface area contributed by atoms with Crippen LogP contribution in [0.2, 0.25) is 5.02 Å². The molecule has 6 nitrogen and oxygen atoms in total. The minimum atomic E-state index is -0.214. The van der Waals surface area contributed by atoms with Crippen molar-refractivity contribution < 1.29 is 9.59 Å². The number of hydrogen-bond donors (Lipinski definition) is 2. The standard InChI is InChI=1S/C24H27ClN4O2S/c1-3-17(2)26-22(30)13-14-29(15-18-9-5-4-6-10-18)23(31)21-16-32-24(28-21)27-20-12-8-7-11-19(20)25/h4-12,16-17H,3,13-15H2,1-2H3,(H,26,30)(H,27,28). The molecule has 1 heterocycles. The molecule has 0 bridgehead atoms. The van der Waals surface area contributed by atoms with Gasteiger partial charge >= 0.3 is 0 Å². The highest BCUT2D eigenvalue weighted by Crippen LogP contribution is 2.27. The number of nitrogens with zero attached hydrogens (tertiary/aromatic N) is 2. The number of benzene rings is 2. The van der Waals surface area contributed by atoms with E-state index < -0.39 is 0 Å². The predicted molar refractivity (Wildman–Crippen MR) is 131 cm³/mol. The molecular formula is C24H27ClN4O2S. The fraction of sp³-hybridized carbons (Fsp3) is 0.292. The molecule has 3 rings (SSSR count). The summed E-state index contributed by atoms with van der Waals surface area (Å²) in [6.45, 7) is 4.70. The maximum atomic E-state index is 13.3. The van der Waals surface area contributed by atoms with Crippen molar-refractivity contribution in [2.75, 3.05) is 11.9 Å². The first-order chi connectivity index (χ1) is 15.5. The number of thiazole rings is 1. The smallest absolute Gasteiger partial charge is 0.273 e. The van der Waals surface area contributed by atoms with Crippen LogP contribution in [0, 0.1) is 0 Å². The first-order valence-corrected chi connectivity index (χ1v) is 11.8. The van der Waals surface area contributed by atoms with Gasteiger partial charge in [0.05, 0.1) is 10.7 Å². The number of para-hydroxylation sites is 1. The molecule has 32 heavy (non-hydrogen) atoms. The predicted octanol–water partition coefficient (Wildman–Crippen LogP) is 5.49. The normalized spacial score (nSPS) is 11.6. The third-order valence-electron chi connectivity index (χ3n) is 4.97. The second-order valence-corrected chi connectivity index (χ2v) is 8.75. The number of hydrogen-bond acceptors (Lipinski definition) is 5. The quantitative estimate of drug-likeness (QED) is 0.411. The number of aromatic nitrogens is 1. The maximum Gasteiger partial charge on any atom is 0.273 e. The van der Waals surface area contributed by atoms with Crippen LogP contribution >= 0.6 is 22.9 Å². The lowest BCUT2D eigenvalue weighted by molar-refractivity contribution is -0.121. The lowest BCUT2D eigenvalue weighted by Gasteiger charge is -2.22. The zero-order valence-electron chi connectivity index (χ0n) is 18.2. The van der Waals surface area contributed by atoms with Crippen LogP contribution in [0.15, 0.2) is 60.0 Å². The Bertz CT molecular complexity index is 1040. The topological polar surface area (TPSA) is 74.3 Å². The SMILES string of the molecule is CCC(C)NC(=O)CCN(Cc1ccccc1)C(=O)c1csc(Nc2ccccc2Cl)n1. The zero-order chi connectivity index (χ0) is 22.9. The molecule has 0 saturated heterocycles. The van der Waals surface area contributed by atoms with E-state index in [4.69, 9.17) is 11.6 Å². The van der Waals surface area contributed by atoms with Crippen LogP contribution in [0.5, 0.6) is 0 Å². The summed E-state index contributed by atoms with van der Waals surface area (Å²) in [5.74, 6) is -0.279. The molecule has 1 unspecified atom stereocenters. The van der Waals surface area contributed by atoms with Gasteiger partial charge in [-0.25, -0.2) is 4.98 Å². The number of halogens is 1. The fourth-order valence-electron chi connectivity index (χ4n) is 3.01. The molecule has 0 aliphatic rings. The summed E-state index contributed by atoms with van der Waals surface area (Å²) >= 11 is 7.54. The monoisotopic (exact) mass is 470 g/mol. The van der Waals surface area contributed by atoms with Gasteiger partial charge in [-0.05, 0) is 31.0 Å². The van der Waals surface area contributed by atoms with Gasteiger partial charge in [-0.1, -0.05) is 61.0 Å². The molecule has 0 radical (unpaired) electrons. The van der Waals surface area contributed by atoms with Crippen LogP contribution < -0.4 is 10.6 Å². The first-order valence-electron chi connectivity index (χ1n) is 10.6. The lowest BCUT2D eigenvalue weighted by Crippen LogP contribution is -2.37. The number of carbonyl (C=O) groups is 2. The number of nitrogens with one attached hydrogen (secondary N) is 2. The molecule has 0 fully saturated rings. The molecule has 0 saturated carbocycles. The van der Waals surface area contributed by atoms with E-state index in [1.807, 2.05) is 62.4 Å². The Morgan fingerprint density at radius 3 is 2.56 bits per heavy atom. The van der Waals surface area contributed by atoms with E-state index in [9.17, 15) is 9.59 Å². The van der Waals surface area contributed by atoms with Crippen molar-refractivity contribution in [2.45, 2.75) is 39.3 Å². The van der Waals surface area contributed by atoms with E-state index in [1.54, 1.807) is 16.3 Å². The van der Waals surface area contributed by atoms with E-state index in [2.05, 4.69) is 15.6 Å². The number of anilines is 2. The molecule has 3 aromatic rings. The Balaban J connectivity index is 1.72. The van der Waals surface area contributed by atoms with Crippen molar-refractivity contribution >= 4 is 45.6 Å². The summed E-state index contributed by atoms with van der Waals surface area (Å²) in [6, 6.07) is 17.2. The van der Waals surface area contributed by atoms with Gasteiger partial charge in [0.25, 0.3) is 5.91 Å². The van der Waals surface area contributed by atoms with Gasteiger partial charge in [-0.3, -0.25) is 9.59 Å². The molecule has 2 amide bonds. The summed E-state index contributed by atoms with van der Waals surface area (Å²) in [7, 11) is 0. The Morgan fingerprint density at radius 1 is 1.12 bits per heavy atom. The Kier molecular flexibility index (Phi) is 8.64. The van der Waals surface area contributed by atoms with E-state index >= 15 is 0 Å². The third-order valence-corrected chi connectivity index (χ3v) is 6.06. The van der Waals surface area contributed by atoms with E-state index in [-0.39, 0.29) is 24.3 Å². The van der Waals surface area contributed by atoms with Crippen LogP contribution in [-0.2, 0) is 11.3 Å². The van der Waals surface area contributed by atoms with Gasteiger partial charge in [0.2, 0.25) is 5.91 Å². The largest absolute Gasteiger partial charge is 0.354 e. The minimum Gasteiger partial charge on any atom is -0.354 e.